The van der Waals surface area contributed by atoms with Crippen molar-refractivity contribution in [3.05, 3.63) is 89.9 Å². The van der Waals surface area contributed by atoms with Crippen LogP contribution in [0, 0.1) is 0 Å². The Hall–Kier alpha value is -3.98. The van der Waals surface area contributed by atoms with Crippen LogP contribution in [0.1, 0.15) is 18.9 Å². The standard InChI is InChI=1S/C17H19BrN6.C11H9NO/c1-19-17-14-11-20-7-4-15(14)24(22-17)13-5-8-23(9-6-13)16-3-2-12(18)10-21-16;13-11-7-2-1-5-9(11)10-6-3-4-8-12-10/h2-4,7,10-11,13H,5-6,8-9H2,1H3,(H,19,22);1-8,13H. The molecule has 1 saturated heterocycles. The summed E-state index contributed by atoms with van der Waals surface area (Å²) in [6, 6.07) is 19.4. The van der Waals surface area contributed by atoms with Crippen LogP contribution < -0.4 is 10.2 Å². The Balaban J connectivity index is 0.000000182. The first-order valence-corrected chi connectivity index (χ1v) is 13.0. The maximum atomic E-state index is 9.52. The van der Waals surface area contributed by atoms with E-state index in [1.54, 1.807) is 18.3 Å². The summed E-state index contributed by atoms with van der Waals surface area (Å²) in [5, 5.41) is 18.5. The molecule has 4 aromatic heterocycles. The molecule has 5 heterocycles. The first-order valence-electron chi connectivity index (χ1n) is 12.2. The molecule has 6 rings (SSSR count). The van der Waals surface area contributed by atoms with Gasteiger partial charge in [0.05, 0.1) is 22.6 Å². The van der Waals surface area contributed by atoms with Crippen LogP contribution in [0.3, 0.4) is 0 Å². The van der Waals surface area contributed by atoms with Crippen LogP contribution in [0.25, 0.3) is 22.2 Å². The second-order valence-corrected chi connectivity index (χ2v) is 9.64. The number of pyridine rings is 3. The third kappa shape index (κ3) is 5.56. The summed E-state index contributed by atoms with van der Waals surface area (Å²) in [7, 11) is 1.90. The zero-order valence-electron chi connectivity index (χ0n) is 20.5. The van der Waals surface area contributed by atoms with Crippen molar-refractivity contribution >= 4 is 38.5 Å². The van der Waals surface area contributed by atoms with Gasteiger partial charge in [0.15, 0.2) is 5.82 Å². The topological polar surface area (TPSA) is 92.0 Å². The fourth-order valence-corrected chi connectivity index (χ4v) is 4.79. The number of halogens is 1. The maximum Gasteiger partial charge on any atom is 0.157 e. The number of rotatable bonds is 4. The number of benzene rings is 1. The molecule has 0 atom stereocenters. The van der Waals surface area contributed by atoms with E-state index in [0.717, 1.165) is 64.2 Å². The Morgan fingerprint density at radius 1 is 0.919 bits per heavy atom. The molecule has 0 amide bonds. The molecule has 0 spiro atoms. The predicted octanol–water partition coefficient (Wildman–Crippen LogP) is 5.93. The van der Waals surface area contributed by atoms with Gasteiger partial charge in [-0.25, -0.2) is 4.98 Å². The van der Waals surface area contributed by atoms with Crippen molar-refractivity contribution in [1.29, 1.82) is 0 Å². The second-order valence-electron chi connectivity index (χ2n) is 8.72. The van der Waals surface area contributed by atoms with E-state index in [9.17, 15) is 5.11 Å². The van der Waals surface area contributed by atoms with Crippen LogP contribution in [-0.2, 0) is 0 Å². The molecule has 0 radical (unpaired) electrons. The molecule has 0 bridgehead atoms. The molecule has 2 N–H and O–H groups in total. The van der Waals surface area contributed by atoms with E-state index in [-0.39, 0.29) is 5.75 Å². The number of nitrogens with zero attached hydrogens (tertiary/aromatic N) is 6. The van der Waals surface area contributed by atoms with Gasteiger partial charge in [0.1, 0.15) is 11.6 Å². The third-order valence-corrected chi connectivity index (χ3v) is 6.90. The summed E-state index contributed by atoms with van der Waals surface area (Å²) in [5.74, 6) is 2.21. The summed E-state index contributed by atoms with van der Waals surface area (Å²) in [6.45, 7) is 1.97. The molecule has 1 aliphatic heterocycles. The highest BCUT2D eigenvalue weighted by Gasteiger charge is 2.24. The average Bonchev–Trinajstić information content (AvgIpc) is 3.34. The molecular formula is C28H28BrN7O. The summed E-state index contributed by atoms with van der Waals surface area (Å²) in [6.07, 6.45) is 9.39. The number of nitrogens with one attached hydrogen (secondary N) is 1. The van der Waals surface area contributed by atoms with Crippen molar-refractivity contribution in [2.45, 2.75) is 18.9 Å². The number of hydrogen-bond donors (Lipinski definition) is 2. The molecule has 37 heavy (non-hydrogen) atoms. The predicted molar refractivity (Wildman–Crippen MR) is 151 cm³/mol. The number of piperidine rings is 1. The number of aromatic nitrogens is 5. The molecule has 0 aliphatic carbocycles. The summed E-state index contributed by atoms with van der Waals surface area (Å²) >= 11 is 3.44. The number of fused-ring (bicyclic) bond motifs is 1. The van der Waals surface area contributed by atoms with Gasteiger partial charge < -0.3 is 15.3 Å². The zero-order chi connectivity index (χ0) is 25.6. The Kier molecular flexibility index (Phi) is 7.60. The first-order chi connectivity index (χ1) is 18.1. The highest BCUT2D eigenvalue weighted by atomic mass is 79.9. The smallest absolute Gasteiger partial charge is 0.157 e. The fraction of sp³-hybridized carbons (Fsp3) is 0.214. The molecule has 5 aromatic rings. The van der Waals surface area contributed by atoms with E-state index in [0.29, 0.717) is 6.04 Å². The van der Waals surface area contributed by atoms with Crippen molar-refractivity contribution < 1.29 is 5.11 Å². The van der Waals surface area contributed by atoms with Gasteiger partial charge in [-0.15, -0.1) is 0 Å². The van der Waals surface area contributed by atoms with E-state index in [2.05, 4.69) is 51.8 Å². The molecule has 8 nitrogen and oxygen atoms in total. The van der Waals surface area contributed by atoms with Crippen LogP contribution >= 0.6 is 15.9 Å². The van der Waals surface area contributed by atoms with Crippen molar-refractivity contribution in [3.8, 4) is 17.0 Å². The second kappa shape index (κ2) is 11.4. The van der Waals surface area contributed by atoms with Crippen LogP contribution in [0.15, 0.2) is 89.9 Å². The van der Waals surface area contributed by atoms with Gasteiger partial charge in [0, 0.05) is 55.0 Å². The Labute approximate surface area is 224 Å². The molecule has 9 heteroatoms. The Morgan fingerprint density at radius 2 is 1.73 bits per heavy atom. The lowest BCUT2D eigenvalue weighted by Crippen LogP contribution is -2.35. The Morgan fingerprint density at radius 3 is 2.43 bits per heavy atom. The molecule has 1 fully saturated rings. The lowest BCUT2D eigenvalue weighted by Gasteiger charge is -2.33. The summed E-state index contributed by atoms with van der Waals surface area (Å²) in [5.41, 5.74) is 2.71. The fourth-order valence-electron chi connectivity index (χ4n) is 4.55. The van der Waals surface area contributed by atoms with Gasteiger partial charge in [-0.1, -0.05) is 18.2 Å². The number of para-hydroxylation sites is 1. The zero-order valence-corrected chi connectivity index (χ0v) is 22.1. The maximum absolute atomic E-state index is 9.52. The minimum atomic E-state index is 0.265. The third-order valence-electron chi connectivity index (χ3n) is 6.44. The van der Waals surface area contributed by atoms with Gasteiger partial charge >= 0.3 is 0 Å². The van der Waals surface area contributed by atoms with Crippen LogP contribution in [-0.4, -0.2) is 50.0 Å². The van der Waals surface area contributed by atoms with E-state index in [4.69, 9.17) is 5.10 Å². The number of phenols is 1. The van der Waals surface area contributed by atoms with Crippen molar-refractivity contribution in [1.82, 2.24) is 24.7 Å². The van der Waals surface area contributed by atoms with Crippen molar-refractivity contribution in [3.63, 3.8) is 0 Å². The quantitative estimate of drug-likeness (QED) is 0.283. The monoisotopic (exact) mass is 557 g/mol. The number of hydrogen-bond acceptors (Lipinski definition) is 7. The number of anilines is 2. The summed E-state index contributed by atoms with van der Waals surface area (Å²) < 4.78 is 3.17. The van der Waals surface area contributed by atoms with Gasteiger partial charge in [0.2, 0.25) is 0 Å². The largest absolute Gasteiger partial charge is 0.507 e. The molecular weight excluding hydrogens is 530 g/mol. The van der Waals surface area contributed by atoms with Crippen LogP contribution in [0.2, 0.25) is 0 Å². The van der Waals surface area contributed by atoms with E-state index in [1.165, 1.54) is 0 Å². The molecule has 1 aliphatic rings. The summed E-state index contributed by atoms with van der Waals surface area (Å²) in [4.78, 5) is 15.2. The first kappa shape index (κ1) is 24.7. The molecule has 0 saturated carbocycles. The minimum absolute atomic E-state index is 0.265. The van der Waals surface area contributed by atoms with Gasteiger partial charge in [-0.05, 0) is 71.2 Å². The normalized spacial score (nSPS) is 13.7. The van der Waals surface area contributed by atoms with E-state index < -0.39 is 0 Å². The number of phenolic OH excluding ortho intramolecular Hbond substituents is 1. The Bertz CT molecular complexity index is 1450. The van der Waals surface area contributed by atoms with Crippen molar-refractivity contribution in [2.75, 3.05) is 30.4 Å². The lowest BCUT2D eigenvalue weighted by molar-refractivity contribution is 0.376. The van der Waals surface area contributed by atoms with Gasteiger partial charge in [-0.2, -0.15) is 5.10 Å². The van der Waals surface area contributed by atoms with E-state index in [1.807, 2.05) is 68.1 Å². The molecule has 0 unspecified atom stereocenters. The highest BCUT2D eigenvalue weighted by molar-refractivity contribution is 9.10. The van der Waals surface area contributed by atoms with Gasteiger partial charge in [0.25, 0.3) is 0 Å². The van der Waals surface area contributed by atoms with E-state index >= 15 is 0 Å². The number of aromatic hydroxyl groups is 1. The highest BCUT2D eigenvalue weighted by Crippen LogP contribution is 2.31. The minimum Gasteiger partial charge on any atom is -0.507 e. The van der Waals surface area contributed by atoms with Crippen LogP contribution in [0.5, 0.6) is 5.75 Å². The van der Waals surface area contributed by atoms with Gasteiger partial charge in [-0.3, -0.25) is 14.6 Å². The van der Waals surface area contributed by atoms with Crippen molar-refractivity contribution in [2.24, 2.45) is 0 Å². The molecule has 188 valence electrons. The average molecular weight is 558 g/mol. The molecule has 1 aromatic carbocycles. The van der Waals surface area contributed by atoms with Crippen LogP contribution in [0.4, 0.5) is 11.6 Å². The lowest BCUT2D eigenvalue weighted by atomic mass is 10.0. The SMILES string of the molecule is CNc1nn(C2CCN(c3ccc(Br)cn3)CC2)c2ccncc12.Oc1ccccc1-c1ccccn1.